The van der Waals surface area contributed by atoms with Gasteiger partial charge >= 0.3 is 0 Å². The van der Waals surface area contributed by atoms with Crippen LogP contribution in [-0.4, -0.2) is 51.4 Å². The van der Waals surface area contributed by atoms with Gasteiger partial charge < -0.3 is 9.80 Å². The minimum absolute atomic E-state index is 0.165. The van der Waals surface area contributed by atoms with Crippen LogP contribution >= 0.6 is 0 Å². The first-order valence-electron chi connectivity index (χ1n) is 13.5. The largest absolute Gasteiger partial charge is 0.352 e. The second kappa shape index (κ2) is 9.59. The number of carbonyl (C=O) groups excluding carboxylic acids is 1. The fourth-order valence-electron chi connectivity index (χ4n) is 5.61. The summed E-state index contributed by atoms with van der Waals surface area (Å²) in [6.07, 6.45) is 9.75. The Morgan fingerprint density at radius 3 is 2.73 bits per heavy atom. The maximum atomic E-state index is 12.9. The molecular formula is C30H32N6O. The molecule has 1 aliphatic heterocycles. The van der Waals surface area contributed by atoms with Crippen LogP contribution in [0.2, 0.25) is 0 Å². The molecular weight excluding hydrogens is 460 g/mol. The highest BCUT2D eigenvalue weighted by Gasteiger charge is 2.39. The number of rotatable bonds is 7. The molecule has 0 N–H and O–H groups in total. The molecule has 1 atom stereocenters. The molecule has 3 fully saturated rings. The van der Waals surface area contributed by atoms with E-state index in [1.165, 1.54) is 0 Å². The second-order valence-corrected chi connectivity index (χ2v) is 10.5. The molecule has 3 aromatic rings. The number of anilines is 1. The molecule has 0 radical (unpaired) electrons. The number of nitrogens with zero attached hydrogens (tertiary/aromatic N) is 6. The number of pyridine rings is 1. The summed E-state index contributed by atoms with van der Waals surface area (Å²) in [5.74, 6) is 2.30. The van der Waals surface area contributed by atoms with E-state index in [-0.39, 0.29) is 12.0 Å². The molecule has 2 aliphatic carbocycles. The third-order valence-corrected chi connectivity index (χ3v) is 7.85. The summed E-state index contributed by atoms with van der Waals surface area (Å²) in [6, 6.07) is 10.7. The summed E-state index contributed by atoms with van der Waals surface area (Å²) in [5.41, 5.74) is 4.49. The summed E-state index contributed by atoms with van der Waals surface area (Å²) in [4.78, 5) is 31.5. The van der Waals surface area contributed by atoms with Crippen LogP contribution < -0.4 is 4.90 Å². The van der Waals surface area contributed by atoms with Crippen molar-refractivity contribution < 1.29 is 4.79 Å². The number of benzene rings is 1. The molecule has 37 heavy (non-hydrogen) atoms. The lowest BCUT2D eigenvalue weighted by Crippen LogP contribution is -2.56. The molecule has 0 bridgehead atoms. The Morgan fingerprint density at radius 2 is 2.03 bits per heavy atom. The molecule has 2 aromatic heterocycles. The van der Waals surface area contributed by atoms with Gasteiger partial charge in [-0.2, -0.15) is 5.26 Å². The molecule has 0 unspecified atom stereocenters. The third-order valence-electron chi connectivity index (χ3n) is 7.85. The molecule has 1 saturated heterocycles. The van der Waals surface area contributed by atoms with Gasteiger partial charge in [-0.05, 0) is 55.9 Å². The van der Waals surface area contributed by atoms with E-state index in [1.807, 2.05) is 24.4 Å². The summed E-state index contributed by atoms with van der Waals surface area (Å²) in [6.45, 7) is 8.08. The van der Waals surface area contributed by atoms with Crippen molar-refractivity contribution in [1.29, 1.82) is 5.26 Å². The number of hydrogen-bond donors (Lipinski definition) is 0. The van der Waals surface area contributed by atoms with Gasteiger partial charge in [-0.15, -0.1) is 0 Å². The van der Waals surface area contributed by atoms with E-state index in [4.69, 9.17) is 4.98 Å². The monoisotopic (exact) mass is 492 g/mol. The van der Waals surface area contributed by atoms with Crippen LogP contribution in [0.3, 0.4) is 0 Å². The summed E-state index contributed by atoms with van der Waals surface area (Å²) >= 11 is 0. The number of amides is 1. The van der Waals surface area contributed by atoms with Gasteiger partial charge in [0.2, 0.25) is 5.91 Å². The molecule has 6 rings (SSSR count). The molecule has 7 nitrogen and oxygen atoms in total. The molecule has 7 heteroatoms. The second-order valence-electron chi connectivity index (χ2n) is 10.5. The quantitative estimate of drug-likeness (QED) is 0.444. The van der Waals surface area contributed by atoms with E-state index in [0.29, 0.717) is 36.3 Å². The van der Waals surface area contributed by atoms with E-state index in [2.05, 4.69) is 45.4 Å². The van der Waals surface area contributed by atoms with Crippen molar-refractivity contribution in [3.8, 4) is 17.2 Å². The highest BCUT2D eigenvalue weighted by Crippen LogP contribution is 2.46. The Kier molecular flexibility index (Phi) is 6.11. The number of piperazine rings is 1. The zero-order chi connectivity index (χ0) is 25.5. The van der Waals surface area contributed by atoms with E-state index in [9.17, 15) is 10.1 Å². The van der Waals surface area contributed by atoms with Crippen molar-refractivity contribution in [2.24, 2.45) is 5.92 Å². The summed E-state index contributed by atoms with van der Waals surface area (Å²) < 4.78 is 0. The van der Waals surface area contributed by atoms with E-state index in [1.54, 1.807) is 6.08 Å². The van der Waals surface area contributed by atoms with E-state index in [0.717, 1.165) is 78.6 Å². The minimum Gasteiger partial charge on any atom is -0.352 e. The molecule has 3 aliphatic rings. The van der Waals surface area contributed by atoms with Gasteiger partial charge in [0, 0.05) is 54.7 Å². The van der Waals surface area contributed by atoms with Crippen LogP contribution in [0.15, 0.2) is 37.0 Å². The lowest BCUT2D eigenvalue weighted by atomic mass is 9.96. The van der Waals surface area contributed by atoms with Crippen LogP contribution in [0.1, 0.15) is 68.4 Å². The van der Waals surface area contributed by atoms with Crippen LogP contribution in [0.5, 0.6) is 0 Å². The molecule has 1 aromatic carbocycles. The zero-order valence-corrected chi connectivity index (χ0v) is 21.4. The first kappa shape index (κ1) is 23.6. The molecule has 0 spiro atoms. The van der Waals surface area contributed by atoms with Gasteiger partial charge in [0.25, 0.3) is 0 Å². The third kappa shape index (κ3) is 4.46. The molecule has 2 saturated carbocycles. The zero-order valence-electron chi connectivity index (χ0n) is 21.4. The topological polar surface area (TPSA) is 86.0 Å². The smallest absolute Gasteiger partial charge is 0.226 e. The van der Waals surface area contributed by atoms with Crippen molar-refractivity contribution >= 4 is 28.7 Å². The number of nitriles is 1. The Morgan fingerprint density at radius 1 is 1.19 bits per heavy atom. The first-order chi connectivity index (χ1) is 18.1. The average Bonchev–Trinajstić information content (AvgIpc) is 3.85. The van der Waals surface area contributed by atoms with Gasteiger partial charge in [0.05, 0.1) is 16.8 Å². The van der Waals surface area contributed by atoms with Crippen LogP contribution in [0.25, 0.3) is 28.1 Å². The number of aromatic nitrogens is 3. The molecule has 3 heterocycles. The van der Waals surface area contributed by atoms with Crippen molar-refractivity contribution in [1.82, 2.24) is 19.9 Å². The Balaban J connectivity index is 1.39. The predicted octanol–water partition coefficient (Wildman–Crippen LogP) is 5.31. The van der Waals surface area contributed by atoms with E-state index < -0.39 is 0 Å². The van der Waals surface area contributed by atoms with Crippen LogP contribution in [0, 0.1) is 17.2 Å². The average molecular weight is 493 g/mol. The number of fused-ring (bicyclic) bond motifs is 1. The van der Waals surface area contributed by atoms with E-state index >= 15 is 0 Å². The highest BCUT2D eigenvalue weighted by molar-refractivity contribution is 5.95. The van der Waals surface area contributed by atoms with Gasteiger partial charge in [-0.1, -0.05) is 32.1 Å². The Bertz CT molecular complexity index is 1420. The van der Waals surface area contributed by atoms with Gasteiger partial charge in [0.1, 0.15) is 11.9 Å². The molecule has 188 valence electrons. The fraction of sp³-hybridized carbons (Fsp3) is 0.433. The summed E-state index contributed by atoms with van der Waals surface area (Å²) in [5, 5.41) is 11.2. The lowest BCUT2D eigenvalue weighted by Gasteiger charge is -2.42. The SMILES string of the molecule is C=Cc1ncc2c(-c3cc(C#N)c(N4CCN(C(=O)C5CC5)[C@H](CCC)C4)nc3C3CC3)cccc2n1. The minimum atomic E-state index is 0.165. The van der Waals surface area contributed by atoms with Crippen molar-refractivity contribution in [2.45, 2.75) is 57.4 Å². The van der Waals surface area contributed by atoms with Crippen molar-refractivity contribution in [2.75, 3.05) is 24.5 Å². The summed E-state index contributed by atoms with van der Waals surface area (Å²) in [7, 11) is 0. The Labute approximate surface area is 217 Å². The van der Waals surface area contributed by atoms with Gasteiger partial charge in [-0.3, -0.25) is 4.79 Å². The van der Waals surface area contributed by atoms with Gasteiger partial charge in [-0.25, -0.2) is 15.0 Å². The maximum absolute atomic E-state index is 12.9. The van der Waals surface area contributed by atoms with Crippen LogP contribution in [0.4, 0.5) is 5.82 Å². The normalized spacial score (nSPS) is 19.6. The number of carbonyl (C=O) groups is 1. The van der Waals surface area contributed by atoms with Crippen molar-refractivity contribution in [3.63, 3.8) is 0 Å². The van der Waals surface area contributed by atoms with Crippen LogP contribution in [-0.2, 0) is 4.79 Å². The predicted molar refractivity (Wildman–Crippen MR) is 145 cm³/mol. The maximum Gasteiger partial charge on any atom is 0.226 e. The standard InChI is InChI=1S/C30H32N6O/c1-3-6-22-18-35(13-14-36(22)30(37)20-11-12-20)29-21(16-31)15-24(28(34-29)19-9-10-19)23-7-5-8-26-25(23)17-32-27(4-2)33-26/h4-5,7-8,15,17,19-20,22H,2-3,6,9-14,18H2,1H3/t22-/m1/s1. The fourth-order valence-corrected chi connectivity index (χ4v) is 5.61. The van der Waals surface area contributed by atoms with Gasteiger partial charge in [0.15, 0.2) is 5.82 Å². The number of hydrogen-bond acceptors (Lipinski definition) is 6. The lowest BCUT2D eigenvalue weighted by molar-refractivity contribution is -0.135. The molecule has 1 amide bonds. The Hall–Kier alpha value is -3.79. The highest BCUT2D eigenvalue weighted by atomic mass is 16.2. The first-order valence-corrected chi connectivity index (χ1v) is 13.5. The van der Waals surface area contributed by atoms with Crippen molar-refractivity contribution in [3.05, 3.63) is 54.1 Å².